The van der Waals surface area contributed by atoms with Gasteiger partial charge in [0.1, 0.15) is 12.6 Å². The zero-order valence-corrected chi connectivity index (χ0v) is 27.4. The van der Waals surface area contributed by atoms with Crippen molar-refractivity contribution in [2.45, 2.75) is 64.4 Å². The van der Waals surface area contributed by atoms with Crippen LogP contribution in [0.1, 0.15) is 47.6 Å². The van der Waals surface area contributed by atoms with Crippen LogP contribution in [0.25, 0.3) is 0 Å². The number of benzene rings is 4. The van der Waals surface area contributed by atoms with Crippen LogP contribution in [-0.2, 0) is 32.6 Å². The van der Waals surface area contributed by atoms with Gasteiger partial charge < -0.3 is 10.2 Å². The fraction of sp³-hybridized carbons (Fsp3) is 0.297. The maximum atomic E-state index is 14.6. The molecule has 1 atom stereocenters. The van der Waals surface area contributed by atoms with Crippen molar-refractivity contribution >= 4 is 27.5 Å². The minimum Gasteiger partial charge on any atom is -0.354 e. The molecule has 0 aromatic heterocycles. The van der Waals surface area contributed by atoms with Crippen molar-refractivity contribution in [3.8, 4) is 0 Å². The van der Waals surface area contributed by atoms with Gasteiger partial charge in [0.25, 0.3) is 10.0 Å². The van der Waals surface area contributed by atoms with Crippen LogP contribution in [0.4, 0.5) is 5.69 Å². The molecule has 236 valence electrons. The number of amides is 2. The van der Waals surface area contributed by atoms with Crippen molar-refractivity contribution in [2.75, 3.05) is 17.4 Å². The lowest BCUT2D eigenvalue weighted by Crippen LogP contribution is -2.53. The van der Waals surface area contributed by atoms with E-state index in [1.807, 2.05) is 81.4 Å². The van der Waals surface area contributed by atoms with E-state index in [1.165, 1.54) is 16.4 Å². The fourth-order valence-electron chi connectivity index (χ4n) is 5.41. The Labute approximate surface area is 268 Å². The highest BCUT2D eigenvalue weighted by atomic mass is 32.2. The molecule has 4 aromatic carbocycles. The van der Waals surface area contributed by atoms with E-state index in [9.17, 15) is 18.0 Å². The van der Waals surface area contributed by atoms with Gasteiger partial charge in [-0.15, -0.1) is 0 Å². The van der Waals surface area contributed by atoms with Gasteiger partial charge >= 0.3 is 0 Å². The Morgan fingerprint density at radius 1 is 0.756 bits per heavy atom. The molecule has 4 rings (SSSR count). The van der Waals surface area contributed by atoms with Crippen molar-refractivity contribution in [1.82, 2.24) is 10.2 Å². The van der Waals surface area contributed by atoms with Crippen LogP contribution in [-0.4, -0.2) is 44.3 Å². The average Bonchev–Trinajstić information content (AvgIpc) is 3.02. The van der Waals surface area contributed by atoms with Crippen LogP contribution >= 0.6 is 0 Å². The van der Waals surface area contributed by atoms with Crippen molar-refractivity contribution in [3.05, 3.63) is 131 Å². The number of aryl methyl sites for hydroxylation is 3. The van der Waals surface area contributed by atoms with Crippen LogP contribution in [0, 0.1) is 20.8 Å². The summed E-state index contributed by atoms with van der Waals surface area (Å²) in [5.41, 5.74) is 4.92. The van der Waals surface area contributed by atoms with Gasteiger partial charge in [0, 0.05) is 19.5 Å². The van der Waals surface area contributed by atoms with E-state index in [0.29, 0.717) is 12.2 Å². The summed E-state index contributed by atoms with van der Waals surface area (Å²) in [5, 5.41) is 3.03. The molecule has 8 heteroatoms. The summed E-state index contributed by atoms with van der Waals surface area (Å²) >= 11 is 0. The second kappa shape index (κ2) is 15.5. The summed E-state index contributed by atoms with van der Waals surface area (Å²) in [6, 6.07) is 30.1. The van der Waals surface area contributed by atoms with Gasteiger partial charge in [-0.3, -0.25) is 13.9 Å². The van der Waals surface area contributed by atoms with Gasteiger partial charge in [-0.2, -0.15) is 0 Å². The monoisotopic (exact) mass is 625 g/mol. The molecular formula is C37H43N3O4S. The molecule has 1 N–H and O–H groups in total. The van der Waals surface area contributed by atoms with E-state index in [1.54, 1.807) is 35.2 Å². The Balaban J connectivity index is 1.81. The van der Waals surface area contributed by atoms with E-state index >= 15 is 0 Å². The van der Waals surface area contributed by atoms with Gasteiger partial charge in [-0.25, -0.2) is 8.42 Å². The number of nitrogens with one attached hydrogen (secondary N) is 1. The number of hydrogen-bond donors (Lipinski definition) is 1. The van der Waals surface area contributed by atoms with E-state index in [0.717, 1.165) is 40.7 Å². The SMILES string of the molecule is CCCCNC(=O)C(Cc1ccccc1)N(Cc1cccc(C)c1)C(=O)CN(c1cc(C)cc(C)c1)S(=O)(=O)c1ccccc1. The van der Waals surface area contributed by atoms with Crippen LogP contribution in [0.3, 0.4) is 0 Å². The van der Waals surface area contributed by atoms with Crippen molar-refractivity contribution in [2.24, 2.45) is 0 Å². The number of anilines is 1. The number of carbonyl (C=O) groups excluding carboxylic acids is 2. The molecule has 0 aliphatic rings. The van der Waals surface area contributed by atoms with Crippen LogP contribution in [0.15, 0.2) is 108 Å². The topological polar surface area (TPSA) is 86.8 Å². The molecule has 0 saturated carbocycles. The van der Waals surface area contributed by atoms with Gasteiger partial charge in [-0.1, -0.05) is 97.8 Å². The molecule has 0 aliphatic heterocycles. The Morgan fingerprint density at radius 3 is 2.00 bits per heavy atom. The first-order valence-electron chi connectivity index (χ1n) is 15.4. The highest BCUT2D eigenvalue weighted by Gasteiger charge is 2.34. The lowest BCUT2D eigenvalue weighted by Gasteiger charge is -2.34. The Bertz CT molecular complexity index is 1670. The van der Waals surface area contributed by atoms with Gasteiger partial charge in [-0.05, 0) is 73.7 Å². The Hall–Kier alpha value is -4.43. The van der Waals surface area contributed by atoms with Crippen molar-refractivity contribution in [1.29, 1.82) is 0 Å². The zero-order valence-electron chi connectivity index (χ0n) is 26.6. The largest absolute Gasteiger partial charge is 0.354 e. The summed E-state index contributed by atoms with van der Waals surface area (Å²) in [4.78, 5) is 30.0. The minimum atomic E-state index is -4.13. The molecular weight excluding hydrogens is 582 g/mol. The van der Waals surface area contributed by atoms with Crippen LogP contribution in [0.5, 0.6) is 0 Å². The molecule has 0 radical (unpaired) electrons. The van der Waals surface area contributed by atoms with Crippen LogP contribution < -0.4 is 9.62 Å². The highest BCUT2D eigenvalue weighted by molar-refractivity contribution is 7.92. The van der Waals surface area contributed by atoms with E-state index < -0.39 is 28.5 Å². The smallest absolute Gasteiger partial charge is 0.264 e. The lowest BCUT2D eigenvalue weighted by molar-refractivity contribution is -0.140. The lowest BCUT2D eigenvalue weighted by atomic mass is 10.0. The first-order chi connectivity index (χ1) is 21.6. The molecule has 2 amide bonds. The predicted molar refractivity (Wildman–Crippen MR) is 180 cm³/mol. The van der Waals surface area contributed by atoms with E-state index in [-0.39, 0.29) is 23.8 Å². The van der Waals surface area contributed by atoms with Crippen LogP contribution in [0.2, 0.25) is 0 Å². The fourth-order valence-corrected chi connectivity index (χ4v) is 6.83. The number of rotatable bonds is 14. The third kappa shape index (κ3) is 9.05. The molecule has 1 unspecified atom stereocenters. The maximum absolute atomic E-state index is 14.6. The molecule has 0 spiro atoms. The second-order valence-electron chi connectivity index (χ2n) is 11.5. The predicted octanol–water partition coefficient (Wildman–Crippen LogP) is 6.36. The number of carbonyl (C=O) groups is 2. The summed E-state index contributed by atoms with van der Waals surface area (Å²) in [7, 11) is -4.13. The van der Waals surface area contributed by atoms with E-state index in [4.69, 9.17) is 0 Å². The van der Waals surface area contributed by atoms with Gasteiger partial charge in [0.2, 0.25) is 11.8 Å². The molecule has 0 bridgehead atoms. The molecule has 0 aliphatic carbocycles. The third-order valence-electron chi connectivity index (χ3n) is 7.64. The first kappa shape index (κ1) is 33.5. The number of unbranched alkanes of at least 4 members (excludes halogenated alkanes) is 1. The number of nitrogens with zero attached hydrogens (tertiary/aromatic N) is 2. The Kier molecular flexibility index (Phi) is 11.5. The highest BCUT2D eigenvalue weighted by Crippen LogP contribution is 2.27. The Morgan fingerprint density at radius 2 is 1.38 bits per heavy atom. The van der Waals surface area contributed by atoms with Gasteiger partial charge in [0.15, 0.2) is 0 Å². The summed E-state index contributed by atoms with van der Waals surface area (Å²) in [6.45, 7) is 7.98. The van der Waals surface area contributed by atoms with Gasteiger partial charge in [0.05, 0.1) is 10.6 Å². The molecule has 0 heterocycles. The quantitative estimate of drug-likeness (QED) is 0.165. The zero-order chi connectivity index (χ0) is 32.4. The number of hydrogen-bond acceptors (Lipinski definition) is 4. The first-order valence-corrected chi connectivity index (χ1v) is 16.8. The van der Waals surface area contributed by atoms with Crippen molar-refractivity contribution in [3.63, 3.8) is 0 Å². The molecule has 45 heavy (non-hydrogen) atoms. The van der Waals surface area contributed by atoms with Crippen molar-refractivity contribution < 1.29 is 18.0 Å². The molecule has 0 saturated heterocycles. The third-order valence-corrected chi connectivity index (χ3v) is 9.43. The normalized spacial score (nSPS) is 11.9. The number of sulfonamides is 1. The summed E-state index contributed by atoms with van der Waals surface area (Å²) in [6.07, 6.45) is 2.01. The van der Waals surface area contributed by atoms with E-state index in [2.05, 4.69) is 12.2 Å². The summed E-state index contributed by atoms with van der Waals surface area (Å²) < 4.78 is 29.5. The second-order valence-corrected chi connectivity index (χ2v) is 13.4. The standard InChI is InChI=1S/C37H43N3O4S/c1-5-6-20-38-37(42)35(25-31-15-9-7-10-16-31)39(26-32-17-13-14-28(2)22-32)36(41)27-40(33-23-29(3)21-30(4)24-33)45(43,44)34-18-11-8-12-19-34/h7-19,21-24,35H,5-6,20,25-27H2,1-4H3,(H,38,42). The average molecular weight is 626 g/mol. The maximum Gasteiger partial charge on any atom is 0.264 e. The molecule has 4 aromatic rings. The molecule has 7 nitrogen and oxygen atoms in total. The molecule has 0 fully saturated rings. The summed E-state index contributed by atoms with van der Waals surface area (Å²) in [5.74, 6) is -0.737. The minimum absolute atomic E-state index is 0.0836.